The molecule has 0 heterocycles. The van der Waals surface area contributed by atoms with Crippen LogP contribution in [0.3, 0.4) is 0 Å². The van der Waals surface area contributed by atoms with Crippen LogP contribution in [0.5, 0.6) is 0 Å². The number of sulfonamides is 1. The predicted octanol–water partition coefficient (Wildman–Crippen LogP) is 1.68. The van der Waals surface area contributed by atoms with Crippen molar-refractivity contribution in [3.63, 3.8) is 0 Å². The summed E-state index contributed by atoms with van der Waals surface area (Å²) >= 11 is 0. The molecule has 0 fully saturated rings. The fourth-order valence-corrected chi connectivity index (χ4v) is 2.65. The highest BCUT2D eigenvalue weighted by molar-refractivity contribution is 7.89. The number of hydrogen-bond acceptors (Lipinski definition) is 3. The standard InChI is InChI=1S/C12H17F3N2O2S/c1-16-7-2-8-17-20(18,19)11-5-3-10(4-6-11)9-12(13,14)15/h3-6,16-17H,2,7-9H2,1H3. The van der Waals surface area contributed by atoms with Crippen molar-refractivity contribution < 1.29 is 21.6 Å². The molecule has 2 N–H and O–H groups in total. The van der Waals surface area contributed by atoms with Crippen molar-refractivity contribution in [2.24, 2.45) is 0 Å². The molecular formula is C12H17F3N2O2S. The van der Waals surface area contributed by atoms with Gasteiger partial charge in [-0.3, -0.25) is 0 Å². The SMILES string of the molecule is CNCCCNS(=O)(=O)c1ccc(CC(F)(F)F)cc1. The van der Waals surface area contributed by atoms with Crippen molar-refractivity contribution in [1.29, 1.82) is 0 Å². The average molecular weight is 310 g/mol. The number of halogens is 3. The maximum Gasteiger partial charge on any atom is 0.393 e. The van der Waals surface area contributed by atoms with Gasteiger partial charge in [0, 0.05) is 6.54 Å². The van der Waals surface area contributed by atoms with E-state index in [1.54, 1.807) is 7.05 Å². The summed E-state index contributed by atoms with van der Waals surface area (Å²) in [6, 6.07) is 4.72. The average Bonchev–Trinajstić information content (AvgIpc) is 2.33. The van der Waals surface area contributed by atoms with Gasteiger partial charge in [0.15, 0.2) is 0 Å². The zero-order valence-corrected chi connectivity index (χ0v) is 11.8. The molecular weight excluding hydrogens is 293 g/mol. The Hall–Kier alpha value is -1.12. The summed E-state index contributed by atoms with van der Waals surface area (Å²) in [5.41, 5.74) is 0.0339. The minimum Gasteiger partial charge on any atom is -0.320 e. The van der Waals surface area contributed by atoms with Crippen LogP contribution < -0.4 is 10.0 Å². The van der Waals surface area contributed by atoms with E-state index < -0.39 is 22.6 Å². The molecule has 0 aromatic heterocycles. The van der Waals surface area contributed by atoms with E-state index in [0.29, 0.717) is 13.0 Å². The molecule has 0 radical (unpaired) electrons. The van der Waals surface area contributed by atoms with Gasteiger partial charge in [-0.15, -0.1) is 0 Å². The summed E-state index contributed by atoms with van der Waals surface area (Å²) in [4.78, 5) is -0.0344. The fraction of sp³-hybridized carbons (Fsp3) is 0.500. The van der Waals surface area contributed by atoms with Gasteiger partial charge in [-0.25, -0.2) is 13.1 Å². The quantitative estimate of drug-likeness (QED) is 0.753. The van der Waals surface area contributed by atoms with Gasteiger partial charge in [0.2, 0.25) is 10.0 Å². The first-order valence-electron chi connectivity index (χ1n) is 6.04. The second-order valence-electron chi connectivity index (χ2n) is 4.29. The summed E-state index contributed by atoms with van der Waals surface area (Å²) in [6.45, 7) is 0.945. The zero-order valence-electron chi connectivity index (χ0n) is 11.0. The Balaban J connectivity index is 2.67. The molecule has 0 spiro atoms. The van der Waals surface area contributed by atoms with E-state index in [9.17, 15) is 21.6 Å². The van der Waals surface area contributed by atoms with Crippen LogP contribution in [0.4, 0.5) is 13.2 Å². The molecule has 0 unspecified atom stereocenters. The van der Waals surface area contributed by atoms with E-state index in [1.807, 2.05) is 0 Å². The summed E-state index contributed by atoms with van der Waals surface area (Å²) in [5, 5.41) is 2.88. The normalized spacial score (nSPS) is 12.6. The van der Waals surface area contributed by atoms with E-state index >= 15 is 0 Å². The lowest BCUT2D eigenvalue weighted by Crippen LogP contribution is -2.26. The molecule has 0 amide bonds. The summed E-state index contributed by atoms with van der Waals surface area (Å²) in [6.07, 6.45) is -4.74. The minimum atomic E-state index is -4.30. The molecule has 4 nitrogen and oxygen atoms in total. The zero-order chi connectivity index (χ0) is 15.2. The van der Waals surface area contributed by atoms with Crippen LogP contribution in [0.1, 0.15) is 12.0 Å². The van der Waals surface area contributed by atoms with Crippen LogP contribution in [0.2, 0.25) is 0 Å². The number of rotatable bonds is 7. The Labute approximate surface area is 116 Å². The highest BCUT2D eigenvalue weighted by Gasteiger charge is 2.27. The molecule has 8 heteroatoms. The van der Waals surface area contributed by atoms with Gasteiger partial charge in [-0.1, -0.05) is 12.1 Å². The maximum absolute atomic E-state index is 12.2. The first-order chi connectivity index (χ1) is 9.24. The van der Waals surface area contributed by atoms with Gasteiger partial charge in [0.25, 0.3) is 0 Å². The van der Waals surface area contributed by atoms with Crippen LogP contribution >= 0.6 is 0 Å². The minimum absolute atomic E-state index is 0.0339. The summed E-state index contributed by atoms with van der Waals surface area (Å²) < 4.78 is 62.6. The van der Waals surface area contributed by atoms with Crippen LogP contribution in [0.25, 0.3) is 0 Å². The topological polar surface area (TPSA) is 58.2 Å². The third kappa shape index (κ3) is 5.89. The Morgan fingerprint density at radius 3 is 2.20 bits per heavy atom. The first-order valence-corrected chi connectivity index (χ1v) is 7.53. The molecule has 0 saturated heterocycles. The predicted molar refractivity (Wildman–Crippen MR) is 69.9 cm³/mol. The van der Waals surface area contributed by atoms with E-state index in [1.165, 1.54) is 24.3 Å². The number of benzene rings is 1. The van der Waals surface area contributed by atoms with Crippen molar-refractivity contribution in [2.75, 3.05) is 20.1 Å². The van der Waals surface area contributed by atoms with E-state index in [4.69, 9.17) is 0 Å². The van der Waals surface area contributed by atoms with Crippen molar-refractivity contribution in [2.45, 2.75) is 23.9 Å². The van der Waals surface area contributed by atoms with Crippen LogP contribution in [-0.2, 0) is 16.4 Å². The largest absolute Gasteiger partial charge is 0.393 e. The monoisotopic (exact) mass is 310 g/mol. The van der Waals surface area contributed by atoms with Gasteiger partial charge in [-0.2, -0.15) is 13.2 Å². The third-order valence-corrected chi connectivity index (χ3v) is 4.01. The molecule has 0 bridgehead atoms. The highest BCUT2D eigenvalue weighted by atomic mass is 32.2. The number of hydrogen-bond donors (Lipinski definition) is 2. The summed E-state index contributed by atoms with van der Waals surface area (Å²) in [7, 11) is -1.90. The van der Waals surface area contributed by atoms with Crippen molar-refractivity contribution in [3.8, 4) is 0 Å². The van der Waals surface area contributed by atoms with Crippen molar-refractivity contribution in [1.82, 2.24) is 10.0 Å². The lowest BCUT2D eigenvalue weighted by Gasteiger charge is -2.09. The van der Waals surface area contributed by atoms with Gasteiger partial charge >= 0.3 is 6.18 Å². The molecule has 114 valence electrons. The van der Waals surface area contributed by atoms with Gasteiger partial charge in [-0.05, 0) is 37.7 Å². The molecule has 0 saturated carbocycles. The van der Waals surface area contributed by atoms with Crippen molar-refractivity contribution in [3.05, 3.63) is 29.8 Å². The van der Waals surface area contributed by atoms with Crippen molar-refractivity contribution >= 4 is 10.0 Å². The first kappa shape index (κ1) is 16.9. The number of alkyl halides is 3. The molecule has 1 rings (SSSR count). The highest BCUT2D eigenvalue weighted by Crippen LogP contribution is 2.22. The molecule has 1 aromatic rings. The molecule has 1 aromatic carbocycles. The van der Waals surface area contributed by atoms with Gasteiger partial charge in [0.05, 0.1) is 11.3 Å². The van der Waals surface area contributed by atoms with Crippen LogP contribution in [0, 0.1) is 0 Å². The van der Waals surface area contributed by atoms with Gasteiger partial charge in [0.1, 0.15) is 0 Å². The Bertz CT molecular complexity index is 512. The third-order valence-electron chi connectivity index (χ3n) is 2.53. The smallest absolute Gasteiger partial charge is 0.320 e. The second kappa shape index (κ2) is 7.05. The maximum atomic E-state index is 12.2. The molecule has 0 aliphatic heterocycles. The Morgan fingerprint density at radius 1 is 1.10 bits per heavy atom. The van der Waals surface area contributed by atoms with E-state index in [0.717, 1.165) is 0 Å². The van der Waals surface area contributed by atoms with E-state index in [-0.39, 0.29) is 17.0 Å². The van der Waals surface area contributed by atoms with E-state index in [2.05, 4.69) is 10.0 Å². The number of nitrogens with one attached hydrogen (secondary N) is 2. The molecule has 0 aliphatic carbocycles. The fourth-order valence-electron chi connectivity index (χ4n) is 1.57. The second-order valence-corrected chi connectivity index (χ2v) is 6.06. The molecule has 0 atom stereocenters. The molecule has 20 heavy (non-hydrogen) atoms. The van der Waals surface area contributed by atoms with Crippen LogP contribution in [0.15, 0.2) is 29.2 Å². The Kier molecular flexibility index (Phi) is 5.97. The van der Waals surface area contributed by atoms with Gasteiger partial charge < -0.3 is 5.32 Å². The molecule has 0 aliphatic rings. The lowest BCUT2D eigenvalue weighted by molar-refractivity contribution is -0.127. The lowest BCUT2D eigenvalue weighted by atomic mass is 10.1. The Morgan fingerprint density at radius 2 is 1.70 bits per heavy atom. The summed E-state index contributed by atoms with van der Waals surface area (Å²) in [5.74, 6) is 0. The van der Waals surface area contributed by atoms with Crippen LogP contribution in [-0.4, -0.2) is 34.7 Å².